The van der Waals surface area contributed by atoms with Crippen LogP contribution in [0.25, 0.3) is 0 Å². The summed E-state index contributed by atoms with van der Waals surface area (Å²) in [4.78, 5) is 18.1. The minimum absolute atomic E-state index is 0.281. The van der Waals surface area contributed by atoms with Crippen LogP contribution in [0.5, 0.6) is 0 Å². The maximum absolute atomic E-state index is 11.8. The monoisotopic (exact) mass is 243 g/mol. The average molecular weight is 243 g/mol. The van der Waals surface area contributed by atoms with Gasteiger partial charge < -0.3 is 20.2 Å². The highest BCUT2D eigenvalue weighted by atomic mass is 16.6. The van der Waals surface area contributed by atoms with Crippen LogP contribution < -0.4 is 5.73 Å². The normalized spacial score (nSPS) is 23.7. The van der Waals surface area contributed by atoms with E-state index in [9.17, 15) is 4.79 Å². The van der Waals surface area contributed by atoms with Gasteiger partial charge in [0.15, 0.2) is 0 Å². The first-order chi connectivity index (χ1) is 7.83. The molecule has 1 heterocycles. The summed E-state index contributed by atoms with van der Waals surface area (Å²) in [7, 11) is 1.49. The molecule has 6 heteroatoms. The van der Waals surface area contributed by atoms with Crippen LogP contribution in [0.3, 0.4) is 0 Å². The quantitative estimate of drug-likeness (QED) is 0.696. The fourth-order valence-electron chi connectivity index (χ4n) is 1.59. The van der Waals surface area contributed by atoms with Gasteiger partial charge in [0.05, 0.1) is 11.8 Å². The number of carbonyl (C=O) groups is 1. The molecule has 0 spiro atoms. The molecule has 0 saturated carbocycles. The molecule has 17 heavy (non-hydrogen) atoms. The van der Waals surface area contributed by atoms with Gasteiger partial charge in [-0.3, -0.25) is 0 Å². The van der Waals surface area contributed by atoms with E-state index in [1.807, 2.05) is 20.8 Å². The summed E-state index contributed by atoms with van der Waals surface area (Å²) in [5, 5.41) is 3.85. The van der Waals surface area contributed by atoms with Gasteiger partial charge in [0.1, 0.15) is 12.7 Å². The summed E-state index contributed by atoms with van der Waals surface area (Å²) < 4.78 is 5.28. The van der Waals surface area contributed by atoms with E-state index in [1.165, 1.54) is 7.11 Å². The van der Waals surface area contributed by atoms with Crippen LogP contribution in [0.1, 0.15) is 27.2 Å². The van der Waals surface area contributed by atoms with Gasteiger partial charge in [0.2, 0.25) is 0 Å². The van der Waals surface area contributed by atoms with Crippen molar-refractivity contribution in [2.45, 2.75) is 38.8 Å². The molecule has 1 aliphatic heterocycles. The zero-order valence-electron chi connectivity index (χ0n) is 10.9. The number of oxime groups is 1. The molecule has 1 fully saturated rings. The number of piperidine rings is 1. The standard InChI is InChI=1S/C11H21N3O3/c1-11(2,3)17-10(15)14-6-5-9(13-16-4)8(12)7-14/h8H,5-7,12H2,1-4H3/b13-9+. The number of nitrogens with two attached hydrogens (primary N) is 1. The second-order valence-electron chi connectivity index (χ2n) is 5.05. The van der Waals surface area contributed by atoms with Crippen LogP contribution in [-0.4, -0.2) is 48.5 Å². The Hall–Kier alpha value is -1.30. The van der Waals surface area contributed by atoms with Gasteiger partial charge in [0.25, 0.3) is 0 Å². The second kappa shape index (κ2) is 5.35. The van der Waals surface area contributed by atoms with Crippen molar-refractivity contribution in [1.82, 2.24) is 4.90 Å². The molecule has 1 unspecified atom stereocenters. The highest BCUT2D eigenvalue weighted by Gasteiger charge is 2.29. The SMILES string of the molecule is CO/N=C1\CCN(C(=O)OC(C)(C)C)CC1N. The molecule has 1 atom stereocenters. The first-order valence-electron chi connectivity index (χ1n) is 5.67. The van der Waals surface area contributed by atoms with Crippen molar-refractivity contribution in [3.05, 3.63) is 0 Å². The molecule has 1 rings (SSSR count). The summed E-state index contributed by atoms with van der Waals surface area (Å²) in [6, 6.07) is -0.281. The molecule has 98 valence electrons. The minimum atomic E-state index is -0.484. The molecule has 0 aliphatic carbocycles. The topological polar surface area (TPSA) is 77.1 Å². The van der Waals surface area contributed by atoms with Gasteiger partial charge in [-0.1, -0.05) is 5.16 Å². The Morgan fingerprint density at radius 1 is 1.53 bits per heavy atom. The Labute approximate surface area is 102 Å². The van der Waals surface area contributed by atoms with Crippen LogP contribution in [0.4, 0.5) is 4.79 Å². The Kier molecular flexibility index (Phi) is 4.34. The third kappa shape index (κ3) is 4.22. The second-order valence-corrected chi connectivity index (χ2v) is 5.05. The molecular formula is C11H21N3O3. The lowest BCUT2D eigenvalue weighted by molar-refractivity contribution is 0.0239. The van der Waals surface area contributed by atoms with E-state index in [0.29, 0.717) is 19.5 Å². The lowest BCUT2D eigenvalue weighted by Crippen LogP contribution is -2.52. The third-order valence-electron chi connectivity index (χ3n) is 2.34. The zero-order valence-corrected chi connectivity index (χ0v) is 10.9. The van der Waals surface area contributed by atoms with Gasteiger partial charge >= 0.3 is 6.09 Å². The highest BCUT2D eigenvalue weighted by Crippen LogP contribution is 2.13. The lowest BCUT2D eigenvalue weighted by atomic mass is 10.0. The van der Waals surface area contributed by atoms with E-state index in [2.05, 4.69) is 5.16 Å². The van der Waals surface area contributed by atoms with Crippen molar-refractivity contribution in [2.75, 3.05) is 20.2 Å². The molecule has 2 N–H and O–H groups in total. The number of amides is 1. The summed E-state index contributed by atoms with van der Waals surface area (Å²) in [5.74, 6) is 0. The van der Waals surface area contributed by atoms with Crippen molar-refractivity contribution in [1.29, 1.82) is 0 Å². The summed E-state index contributed by atoms with van der Waals surface area (Å²) in [6.07, 6.45) is 0.290. The van der Waals surface area contributed by atoms with Gasteiger partial charge in [-0.25, -0.2) is 4.79 Å². The number of hydrogen-bond acceptors (Lipinski definition) is 5. The van der Waals surface area contributed by atoms with Crippen LogP contribution in [0.15, 0.2) is 5.16 Å². The van der Waals surface area contributed by atoms with Crippen molar-refractivity contribution >= 4 is 11.8 Å². The Morgan fingerprint density at radius 2 is 2.18 bits per heavy atom. The smallest absolute Gasteiger partial charge is 0.410 e. The van der Waals surface area contributed by atoms with E-state index < -0.39 is 5.60 Å². The third-order valence-corrected chi connectivity index (χ3v) is 2.34. The van der Waals surface area contributed by atoms with Crippen LogP contribution in [0, 0.1) is 0 Å². The number of carbonyl (C=O) groups excluding carboxylic acids is 1. The fourth-order valence-corrected chi connectivity index (χ4v) is 1.59. The van der Waals surface area contributed by atoms with E-state index >= 15 is 0 Å². The highest BCUT2D eigenvalue weighted by molar-refractivity contribution is 5.91. The van der Waals surface area contributed by atoms with Gasteiger partial charge in [0, 0.05) is 19.5 Å². The number of ether oxygens (including phenoxy) is 1. The molecule has 1 amide bonds. The summed E-state index contributed by atoms with van der Waals surface area (Å²) in [6.45, 7) is 6.49. The van der Waals surface area contributed by atoms with Crippen molar-refractivity contribution in [2.24, 2.45) is 10.9 Å². The molecule has 0 radical (unpaired) electrons. The first kappa shape index (κ1) is 13.8. The largest absolute Gasteiger partial charge is 0.444 e. The number of rotatable bonds is 1. The maximum atomic E-state index is 11.8. The van der Waals surface area contributed by atoms with Crippen molar-refractivity contribution in [3.63, 3.8) is 0 Å². The lowest BCUT2D eigenvalue weighted by Gasteiger charge is -2.33. The van der Waals surface area contributed by atoms with Gasteiger partial charge in [-0.15, -0.1) is 0 Å². The van der Waals surface area contributed by atoms with E-state index in [4.69, 9.17) is 15.3 Å². The van der Waals surface area contributed by atoms with Crippen LogP contribution in [-0.2, 0) is 9.57 Å². The molecule has 1 saturated heterocycles. The molecule has 1 aliphatic rings. The molecule has 6 nitrogen and oxygen atoms in total. The van der Waals surface area contributed by atoms with E-state index in [0.717, 1.165) is 5.71 Å². The zero-order chi connectivity index (χ0) is 13.1. The van der Waals surface area contributed by atoms with Crippen molar-refractivity contribution < 1.29 is 14.4 Å². The Bertz CT molecular complexity index is 310. The summed E-state index contributed by atoms with van der Waals surface area (Å²) >= 11 is 0. The number of likely N-dealkylation sites (tertiary alicyclic amines) is 1. The number of hydrogen-bond donors (Lipinski definition) is 1. The van der Waals surface area contributed by atoms with Crippen LogP contribution >= 0.6 is 0 Å². The van der Waals surface area contributed by atoms with Gasteiger partial charge in [-0.05, 0) is 20.8 Å². The predicted molar refractivity (Wildman–Crippen MR) is 64.8 cm³/mol. The summed E-state index contributed by atoms with van der Waals surface area (Å²) in [5.41, 5.74) is 6.20. The first-order valence-corrected chi connectivity index (χ1v) is 5.67. The van der Waals surface area contributed by atoms with E-state index in [-0.39, 0.29) is 12.1 Å². The predicted octanol–water partition coefficient (Wildman–Crippen LogP) is 0.957. The van der Waals surface area contributed by atoms with E-state index in [1.54, 1.807) is 4.90 Å². The minimum Gasteiger partial charge on any atom is -0.444 e. The van der Waals surface area contributed by atoms with Crippen LogP contribution in [0.2, 0.25) is 0 Å². The van der Waals surface area contributed by atoms with Crippen molar-refractivity contribution in [3.8, 4) is 0 Å². The molecule has 0 aromatic carbocycles. The molecule has 0 bridgehead atoms. The molecular weight excluding hydrogens is 222 g/mol. The molecule has 0 aromatic rings. The van der Waals surface area contributed by atoms with Gasteiger partial charge in [-0.2, -0.15) is 0 Å². The Balaban J connectivity index is 2.55. The average Bonchev–Trinajstić information content (AvgIpc) is 2.18. The molecule has 0 aromatic heterocycles. The Morgan fingerprint density at radius 3 is 2.65 bits per heavy atom. The fraction of sp³-hybridized carbons (Fsp3) is 0.818. The maximum Gasteiger partial charge on any atom is 0.410 e. The number of nitrogens with zero attached hydrogens (tertiary/aromatic N) is 2.